The predicted molar refractivity (Wildman–Crippen MR) is 69.5 cm³/mol. The van der Waals surface area contributed by atoms with Gasteiger partial charge in [-0.1, -0.05) is 0 Å². The molecule has 17 heavy (non-hydrogen) atoms. The third-order valence-electron chi connectivity index (χ3n) is 3.72. The Morgan fingerprint density at radius 2 is 2.18 bits per heavy atom. The average Bonchev–Trinajstić information content (AvgIpc) is 3.13. The highest BCUT2D eigenvalue weighted by atomic mass is 16.5. The van der Waals surface area contributed by atoms with Crippen LogP contribution in [0.4, 0.5) is 0 Å². The van der Waals surface area contributed by atoms with E-state index in [1.165, 1.54) is 24.1 Å². The number of likely N-dealkylation sites (N-methyl/N-ethyl adjacent to an activating group) is 1. The number of aryl methyl sites for hydroxylation is 1. The number of rotatable bonds is 5. The average molecular weight is 234 g/mol. The van der Waals surface area contributed by atoms with Gasteiger partial charge in [-0.15, -0.1) is 0 Å². The highest BCUT2D eigenvalue weighted by Crippen LogP contribution is 2.34. The first kappa shape index (κ1) is 12.4. The van der Waals surface area contributed by atoms with Gasteiger partial charge in [-0.05, 0) is 39.7 Å². The lowest BCUT2D eigenvalue weighted by molar-refractivity contribution is 0.405. The lowest BCUT2D eigenvalue weighted by Gasteiger charge is -2.18. The van der Waals surface area contributed by atoms with Crippen molar-refractivity contribution in [3.05, 3.63) is 23.0 Å². The summed E-state index contributed by atoms with van der Waals surface area (Å²) >= 11 is 0. The minimum absolute atomic E-state index is 0.564. The Morgan fingerprint density at radius 1 is 1.47 bits per heavy atom. The maximum Gasteiger partial charge on any atom is 0.128 e. The van der Waals surface area contributed by atoms with Crippen molar-refractivity contribution < 1.29 is 4.74 Å². The molecule has 0 saturated heterocycles. The standard InChI is InChI=1S/C14H22N2O/c1-9-8-16-12(10(2)14(9)17-4)7-13(15-3)11-5-6-11/h8,11,13,15H,5-7H2,1-4H3. The van der Waals surface area contributed by atoms with Gasteiger partial charge in [-0.2, -0.15) is 0 Å². The van der Waals surface area contributed by atoms with E-state index in [4.69, 9.17) is 4.74 Å². The summed E-state index contributed by atoms with van der Waals surface area (Å²) in [7, 11) is 3.78. The van der Waals surface area contributed by atoms with Crippen molar-refractivity contribution in [2.24, 2.45) is 5.92 Å². The maximum atomic E-state index is 5.45. The number of methoxy groups -OCH3 is 1. The molecular weight excluding hydrogens is 212 g/mol. The smallest absolute Gasteiger partial charge is 0.128 e. The summed E-state index contributed by atoms with van der Waals surface area (Å²) in [6, 6.07) is 0.564. The molecule has 1 fully saturated rings. The lowest BCUT2D eigenvalue weighted by atomic mass is 10.0. The minimum Gasteiger partial charge on any atom is -0.496 e. The van der Waals surface area contributed by atoms with Crippen LogP contribution < -0.4 is 10.1 Å². The van der Waals surface area contributed by atoms with Crippen LogP contribution in [0.3, 0.4) is 0 Å². The minimum atomic E-state index is 0.564. The Labute approximate surface area is 104 Å². The number of ether oxygens (including phenoxy) is 1. The Kier molecular flexibility index (Phi) is 3.67. The SMILES string of the molecule is CNC(Cc1ncc(C)c(OC)c1C)C1CC1. The normalized spacial score (nSPS) is 16.9. The number of hydrogen-bond acceptors (Lipinski definition) is 3. The molecule has 1 N–H and O–H groups in total. The summed E-state index contributed by atoms with van der Waals surface area (Å²) in [5.74, 6) is 1.83. The molecule has 0 spiro atoms. The molecule has 0 aliphatic heterocycles. The fourth-order valence-electron chi connectivity index (χ4n) is 2.49. The Bertz CT molecular complexity index is 399. The Hall–Kier alpha value is -1.09. The second kappa shape index (κ2) is 5.05. The van der Waals surface area contributed by atoms with Crippen molar-refractivity contribution in [2.45, 2.75) is 39.2 Å². The molecule has 1 heterocycles. The summed E-state index contributed by atoms with van der Waals surface area (Å²) in [5.41, 5.74) is 3.47. The molecule has 1 aliphatic carbocycles. The monoisotopic (exact) mass is 234 g/mol. The number of nitrogens with zero attached hydrogens (tertiary/aromatic N) is 1. The van der Waals surface area contributed by atoms with Gasteiger partial charge in [0.05, 0.1) is 7.11 Å². The molecular formula is C14H22N2O. The highest BCUT2D eigenvalue weighted by molar-refractivity contribution is 5.41. The molecule has 0 amide bonds. The summed E-state index contributed by atoms with van der Waals surface area (Å²) in [6.45, 7) is 4.15. The fourth-order valence-corrected chi connectivity index (χ4v) is 2.49. The van der Waals surface area contributed by atoms with Gasteiger partial charge in [0.15, 0.2) is 0 Å². The summed E-state index contributed by atoms with van der Waals surface area (Å²) < 4.78 is 5.45. The number of hydrogen-bond donors (Lipinski definition) is 1. The van der Waals surface area contributed by atoms with E-state index >= 15 is 0 Å². The molecule has 0 bridgehead atoms. The Morgan fingerprint density at radius 3 is 2.71 bits per heavy atom. The first-order valence-electron chi connectivity index (χ1n) is 6.33. The zero-order valence-electron chi connectivity index (χ0n) is 11.2. The van der Waals surface area contributed by atoms with E-state index in [1.807, 2.05) is 20.2 Å². The third kappa shape index (κ3) is 2.60. The molecule has 2 rings (SSSR count). The van der Waals surface area contributed by atoms with Crippen LogP contribution in [0, 0.1) is 19.8 Å². The van der Waals surface area contributed by atoms with E-state index in [1.54, 1.807) is 7.11 Å². The van der Waals surface area contributed by atoms with Gasteiger partial charge >= 0.3 is 0 Å². The largest absolute Gasteiger partial charge is 0.496 e. The maximum absolute atomic E-state index is 5.45. The molecule has 94 valence electrons. The van der Waals surface area contributed by atoms with Crippen LogP contribution >= 0.6 is 0 Å². The molecule has 3 nitrogen and oxygen atoms in total. The van der Waals surface area contributed by atoms with E-state index in [0.29, 0.717) is 6.04 Å². The van der Waals surface area contributed by atoms with Crippen molar-refractivity contribution in [1.82, 2.24) is 10.3 Å². The molecule has 1 unspecified atom stereocenters. The first-order valence-corrected chi connectivity index (χ1v) is 6.33. The van der Waals surface area contributed by atoms with Gasteiger partial charge in [0.2, 0.25) is 0 Å². The summed E-state index contributed by atoms with van der Waals surface area (Å²) in [5, 5.41) is 3.41. The van der Waals surface area contributed by atoms with Crippen molar-refractivity contribution in [3.8, 4) is 5.75 Å². The number of aromatic nitrogens is 1. The van der Waals surface area contributed by atoms with Crippen molar-refractivity contribution in [1.29, 1.82) is 0 Å². The van der Waals surface area contributed by atoms with Gasteiger partial charge in [-0.25, -0.2) is 0 Å². The van der Waals surface area contributed by atoms with Crippen LogP contribution in [0.25, 0.3) is 0 Å². The second-order valence-corrected chi connectivity index (χ2v) is 4.98. The molecule has 0 radical (unpaired) electrons. The van der Waals surface area contributed by atoms with Crippen LogP contribution in [0.2, 0.25) is 0 Å². The van der Waals surface area contributed by atoms with Gasteiger partial charge in [0.1, 0.15) is 5.75 Å². The molecule has 1 aliphatic rings. The molecule has 3 heteroatoms. The lowest BCUT2D eigenvalue weighted by Crippen LogP contribution is -2.30. The predicted octanol–water partition coefficient (Wildman–Crippen LogP) is 2.25. The zero-order chi connectivity index (χ0) is 12.4. The highest BCUT2D eigenvalue weighted by Gasteiger charge is 2.30. The van der Waals surface area contributed by atoms with E-state index in [2.05, 4.69) is 17.2 Å². The van der Waals surface area contributed by atoms with Crippen molar-refractivity contribution >= 4 is 0 Å². The van der Waals surface area contributed by atoms with E-state index in [-0.39, 0.29) is 0 Å². The number of pyridine rings is 1. The molecule has 1 aromatic rings. The van der Waals surface area contributed by atoms with Gasteiger partial charge in [-0.3, -0.25) is 4.98 Å². The van der Waals surface area contributed by atoms with Gasteiger partial charge < -0.3 is 10.1 Å². The van der Waals surface area contributed by atoms with Crippen molar-refractivity contribution in [3.63, 3.8) is 0 Å². The summed E-state index contributed by atoms with van der Waals surface area (Å²) in [4.78, 5) is 4.56. The topological polar surface area (TPSA) is 34.2 Å². The molecule has 0 aromatic carbocycles. The molecule has 1 atom stereocenters. The number of nitrogens with one attached hydrogen (secondary N) is 1. The van der Waals surface area contributed by atoms with Gasteiger partial charge in [0, 0.05) is 35.5 Å². The third-order valence-corrected chi connectivity index (χ3v) is 3.72. The van der Waals surface area contributed by atoms with Crippen LogP contribution in [0.1, 0.15) is 29.7 Å². The van der Waals surface area contributed by atoms with Crippen LogP contribution in [0.5, 0.6) is 5.75 Å². The van der Waals surface area contributed by atoms with Crippen LogP contribution in [0.15, 0.2) is 6.20 Å². The fraction of sp³-hybridized carbons (Fsp3) is 0.643. The summed E-state index contributed by atoms with van der Waals surface area (Å²) in [6.07, 6.45) is 5.63. The first-order chi connectivity index (χ1) is 8.17. The van der Waals surface area contributed by atoms with E-state index < -0.39 is 0 Å². The second-order valence-electron chi connectivity index (χ2n) is 4.98. The van der Waals surface area contributed by atoms with E-state index in [0.717, 1.165) is 23.7 Å². The Balaban J connectivity index is 2.20. The zero-order valence-corrected chi connectivity index (χ0v) is 11.2. The molecule has 1 aromatic heterocycles. The van der Waals surface area contributed by atoms with Crippen LogP contribution in [-0.4, -0.2) is 25.2 Å². The van der Waals surface area contributed by atoms with Crippen LogP contribution in [-0.2, 0) is 6.42 Å². The quantitative estimate of drug-likeness (QED) is 0.848. The molecule has 1 saturated carbocycles. The van der Waals surface area contributed by atoms with Crippen molar-refractivity contribution in [2.75, 3.05) is 14.2 Å². The van der Waals surface area contributed by atoms with E-state index in [9.17, 15) is 0 Å². The van der Waals surface area contributed by atoms with Gasteiger partial charge in [0.25, 0.3) is 0 Å².